The van der Waals surface area contributed by atoms with E-state index in [-0.39, 0.29) is 0 Å². The number of hydrogen-bond acceptors (Lipinski definition) is 0. The summed E-state index contributed by atoms with van der Waals surface area (Å²) in [6.07, 6.45) is 5.18. The van der Waals surface area contributed by atoms with Crippen LogP contribution in [-0.4, -0.2) is 0 Å². The Kier molecular flexibility index (Phi) is 5.20. The zero-order valence-electron chi connectivity index (χ0n) is 12.1. The lowest BCUT2D eigenvalue weighted by atomic mass is 9.86. The van der Waals surface area contributed by atoms with Crippen LogP contribution < -0.4 is 0 Å². The van der Waals surface area contributed by atoms with Gasteiger partial charge in [0.05, 0.1) is 0 Å². The fourth-order valence-electron chi connectivity index (χ4n) is 2.61. The van der Waals surface area contributed by atoms with Crippen molar-refractivity contribution in [1.29, 1.82) is 0 Å². The van der Waals surface area contributed by atoms with Crippen LogP contribution in [0.4, 0.5) is 0 Å². The molecule has 2 rings (SSSR count). The molecule has 0 nitrogen and oxygen atoms in total. The summed E-state index contributed by atoms with van der Waals surface area (Å²) in [4.78, 5) is 0. The Hall–Kier alpha value is -1.56. The van der Waals surface area contributed by atoms with E-state index in [0.717, 1.165) is 0 Å². The highest BCUT2D eigenvalue weighted by molar-refractivity contribution is 5.33. The Balaban J connectivity index is 2.21. The van der Waals surface area contributed by atoms with E-state index in [1.165, 1.54) is 42.4 Å². The zero-order chi connectivity index (χ0) is 13.5. The minimum absolute atomic E-state index is 0.549. The number of aryl methyl sites for hydroxylation is 1. The molecule has 0 spiro atoms. The molecule has 0 heteroatoms. The van der Waals surface area contributed by atoms with E-state index in [1.807, 2.05) is 0 Å². The Morgan fingerprint density at radius 2 is 1.42 bits per heavy atom. The molecule has 0 aliphatic rings. The average molecular weight is 252 g/mol. The van der Waals surface area contributed by atoms with Gasteiger partial charge in [-0.05, 0) is 24.5 Å². The van der Waals surface area contributed by atoms with Crippen LogP contribution in [0.3, 0.4) is 0 Å². The molecule has 0 aromatic heterocycles. The highest BCUT2D eigenvalue weighted by Crippen LogP contribution is 2.30. The van der Waals surface area contributed by atoms with Crippen molar-refractivity contribution in [3.63, 3.8) is 0 Å². The second-order valence-corrected chi connectivity index (χ2v) is 5.37. The van der Waals surface area contributed by atoms with Crippen LogP contribution in [0.15, 0.2) is 54.6 Å². The van der Waals surface area contributed by atoms with Gasteiger partial charge in [0, 0.05) is 5.92 Å². The Bertz CT molecular complexity index is 467. The third-order valence-electron chi connectivity index (χ3n) is 3.78. The Morgan fingerprint density at radius 3 is 2.05 bits per heavy atom. The maximum atomic E-state index is 2.29. The second kappa shape index (κ2) is 7.13. The molecule has 0 aliphatic carbocycles. The molecule has 19 heavy (non-hydrogen) atoms. The second-order valence-electron chi connectivity index (χ2n) is 5.37. The SMILES string of the molecule is CCCCCC(c1ccccc1)c1ccc(C)cc1. The van der Waals surface area contributed by atoms with E-state index < -0.39 is 0 Å². The molecule has 0 bridgehead atoms. The summed E-state index contributed by atoms with van der Waals surface area (Å²) < 4.78 is 0. The van der Waals surface area contributed by atoms with Gasteiger partial charge in [-0.3, -0.25) is 0 Å². The van der Waals surface area contributed by atoms with Crippen LogP contribution in [-0.2, 0) is 0 Å². The van der Waals surface area contributed by atoms with Gasteiger partial charge in [0.1, 0.15) is 0 Å². The predicted octanol–water partition coefficient (Wildman–Crippen LogP) is 5.71. The van der Waals surface area contributed by atoms with Gasteiger partial charge in [0.15, 0.2) is 0 Å². The van der Waals surface area contributed by atoms with Crippen molar-refractivity contribution in [2.24, 2.45) is 0 Å². The number of rotatable bonds is 6. The van der Waals surface area contributed by atoms with Gasteiger partial charge in [0.2, 0.25) is 0 Å². The van der Waals surface area contributed by atoms with E-state index in [4.69, 9.17) is 0 Å². The molecule has 1 unspecified atom stereocenters. The number of hydrogen-bond donors (Lipinski definition) is 0. The summed E-state index contributed by atoms with van der Waals surface area (Å²) in [7, 11) is 0. The smallest absolute Gasteiger partial charge is 0.00893 e. The summed E-state index contributed by atoms with van der Waals surface area (Å²) in [5.74, 6) is 0.549. The van der Waals surface area contributed by atoms with Crippen molar-refractivity contribution in [3.8, 4) is 0 Å². The summed E-state index contributed by atoms with van der Waals surface area (Å²) >= 11 is 0. The maximum absolute atomic E-state index is 2.29. The molecule has 0 saturated heterocycles. The average Bonchev–Trinajstić information content (AvgIpc) is 2.46. The lowest BCUT2D eigenvalue weighted by Gasteiger charge is -2.18. The highest BCUT2D eigenvalue weighted by Gasteiger charge is 2.13. The van der Waals surface area contributed by atoms with Crippen LogP contribution in [0.5, 0.6) is 0 Å². The van der Waals surface area contributed by atoms with Gasteiger partial charge in [-0.25, -0.2) is 0 Å². The van der Waals surface area contributed by atoms with Gasteiger partial charge in [0.25, 0.3) is 0 Å². The molecule has 0 aliphatic heterocycles. The molecular weight excluding hydrogens is 228 g/mol. The summed E-state index contributed by atoms with van der Waals surface area (Å²) in [5.41, 5.74) is 4.24. The first-order chi connectivity index (χ1) is 9.31. The molecule has 0 N–H and O–H groups in total. The van der Waals surface area contributed by atoms with Crippen molar-refractivity contribution in [2.75, 3.05) is 0 Å². The minimum Gasteiger partial charge on any atom is -0.0654 e. The van der Waals surface area contributed by atoms with Gasteiger partial charge < -0.3 is 0 Å². The van der Waals surface area contributed by atoms with Crippen LogP contribution in [0.25, 0.3) is 0 Å². The lowest BCUT2D eigenvalue weighted by Crippen LogP contribution is -2.01. The summed E-state index contributed by atoms with van der Waals surface area (Å²) in [6.45, 7) is 4.42. The van der Waals surface area contributed by atoms with Crippen molar-refractivity contribution < 1.29 is 0 Å². The minimum atomic E-state index is 0.549. The monoisotopic (exact) mass is 252 g/mol. The molecular formula is C19H24. The summed E-state index contributed by atoms with van der Waals surface area (Å²) in [5, 5.41) is 0. The van der Waals surface area contributed by atoms with Gasteiger partial charge in [-0.15, -0.1) is 0 Å². The van der Waals surface area contributed by atoms with Gasteiger partial charge in [-0.1, -0.05) is 86.3 Å². The topological polar surface area (TPSA) is 0 Å². The van der Waals surface area contributed by atoms with Gasteiger partial charge >= 0.3 is 0 Å². The van der Waals surface area contributed by atoms with Crippen molar-refractivity contribution in [1.82, 2.24) is 0 Å². The van der Waals surface area contributed by atoms with Gasteiger partial charge in [-0.2, -0.15) is 0 Å². The number of unbranched alkanes of at least 4 members (excludes halogenated alkanes) is 2. The molecule has 100 valence electrons. The van der Waals surface area contributed by atoms with Crippen molar-refractivity contribution in [3.05, 3.63) is 71.3 Å². The van der Waals surface area contributed by atoms with E-state index in [2.05, 4.69) is 68.4 Å². The molecule has 2 aromatic carbocycles. The molecule has 0 radical (unpaired) electrons. The predicted molar refractivity (Wildman–Crippen MR) is 83.6 cm³/mol. The maximum Gasteiger partial charge on any atom is 0.00893 e. The van der Waals surface area contributed by atoms with Crippen LogP contribution >= 0.6 is 0 Å². The largest absolute Gasteiger partial charge is 0.0654 e. The van der Waals surface area contributed by atoms with E-state index in [9.17, 15) is 0 Å². The van der Waals surface area contributed by atoms with Crippen LogP contribution in [0.2, 0.25) is 0 Å². The van der Waals surface area contributed by atoms with E-state index in [1.54, 1.807) is 0 Å². The molecule has 0 heterocycles. The standard InChI is InChI=1S/C19H24/c1-3-4-6-11-19(17-9-7-5-8-10-17)18-14-12-16(2)13-15-18/h5,7-10,12-15,19H,3-4,6,11H2,1-2H3. The van der Waals surface area contributed by atoms with Crippen LogP contribution in [0, 0.1) is 6.92 Å². The quantitative estimate of drug-likeness (QED) is 0.578. The first-order valence-electron chi connectivity index (χ1n) is 7.42. The first-order valence-corrected chi connectivity index (χ1v) is 7.42. The zero-order valence-corrected chi connectivity index (χ0v) is 12.1. The summed E-state index contributed by atoms with van der Waals surface area (Å²) in [6, 6.07) is 20.0. The van der Waals surface area contributed by atoms with Crippen molar-refractivity contribution >= 4 is 0 Å². The van der Waals surface area contributed by atoms with Crippen LogP contribution in [0.1, 0.15) is 55.2 Å². The third-order valence-corrected chi connectivity index (χ3v) is 3.78. The molecule has 0 fully saturated rings. The molecule has 0 saturated carbocycles. The number of benzene rings is 2. The highest BCUT2D eigenvalue weighted by atomic mass is 14.2. The lowest BCUT2D eigenvalue weighted by molar-refractivity contribution is 0.618. The molecule has 0 amide bonds. The Morgan fingerprint density at radius 1 is 0.789 bits per heavy atom. The fourth-order valence-corrected chi connectivity index (χ4v) is 2.61. The van der Waals surface area contributed by atoms with E-state index in [0.29, 0.717) is 5.92 Å². The molecule has 1 atom stereocenters. The fraction of sp³-hybridized carbons (Fsp3) is 0.368. The third kappa shape index (κ3) is 3.96. The molecule has 2 aromatic rings. The van der Waals surface area contributed by atoms with Crippen molar-refractivity contribution in [2.45, 2.75) is 45.4 Å². The normalized spacial score (nSPS) is 12.3. The first kappa shape index (κ1) is 13.9. The van der Waals surface area contributed by atoms with E-state index >= 15 is 0 Å². The Labute approximate surface area is 117 Å².